The van der Waals surface area contributed by atoms with Gasteiger partial charge in [0, 0.05) is 6.61 Å². The zero-order valence-corrected chi connectivity index (χ0v) is 11.9. The highest BCUT2D eigenvalue weighted by Crippen LogP contribution is 2.42. The molecule has 1 saturated carbocycles. The fourth-order valence-electron chi connectivity index (χ4n) is 3.10. The van der Waals surface area contributed by atoms with Crippen molar-refractivity contribution >= 4 is 0 Å². The summed E-state index contributed by atoms with van der Waals surface area (Å²) in [5.41, 5.74) is 0. The molecule has 5 nitrogen and oxygen atoms in total. The first-order valence-corrected chi connectivity index (χ1v) is 7.55. The molecule has 1 heterocycles. The van der Waals surface area contributed by atoms with Crippen molar-refractivity contribution in [3.05, 3.63) is 0 Å². The Bertz CT molecular complexity index is 289. The minimum atomic E-state index is -1.10. The highest BCUT2D eigenvalue weighted by molar-refractivity contribution is 5.18. The van der Waals surface area contributed by atoms with E-state index in [2.05, 4.69) is 18.7 Å². The van der Waals surface area contributed by atoms with Gasteiger partial charge in [0.15, 0.2) is 0 Å². The number of hydrogen-bond acceptors (Lipinski definition) is 5. The van der Waals surface area contributed by atoms with E-state index in [1.807, 2.05) is 0 Å². The second-order valence-electron chi connectivity index (χ2n) is 5.73. The number of rotatable bonds is 7. The first-order valence-electron chi connectivity index (χ1n) is 7.55. The summed E-state index contributed by atoms with van der Waals surface area (Å²) in [6, 6.07) is 0.0217. The number of nitrogens with zero attached hydrogens (tertiary/aromatic N) is 1. The van der Waals surface area contributed by atoms with E-state index in [4.69, 9.17) is 4.74 Å². The minimum absolute atomic E-state index is 0.0448. The van der Waals surface area contributed by atoms with Crippen LogP contribution in [0.1, 0.15) is 39.5 Å². The second kappa shape index (κ2) is 6.50. The molecule has 0 aromatic carbocycles. The van der Waals surface area contributed by atoms with E-state index in [1.165, 1.54) is 0 Å². The number of fused-ring (bicyclic) bond motifs is 1. The first kappa shape index (κ1) is 15.2. The van der Waals surface area contributed by atoms with Crippen molar-refractivity contribution in [1.82, 2.24) is 4.90 Å². The largest absolute Gasteiger partial charge is 0.389 e. The fraction of sp³-hybridized carbons (Fsp3) is 1.00. The van der Waals surface area contributed by atoms with E-state index in [0.717, 1.165) is 32.2 Å². The van der Waals surface area contributed by atoms with Crippen LogP contribution in [0.25, 0.3) is 0 Å². The minimum Gasteiger partial charge on any atom is -0.389 e. The van der Waals surface area contributed by atoms with Crippen molar-refractivity contribution in [1.29, 1.82) is 0 Å². The zero-order chi connectivity index (χ0) is 14.0. The molecule has 1 aliphatic heterocycles. The molecule has 2 rings (SSSR count). The SMILES string of the molecule is CCCCO[C@@H]1C2C([C@@H](O)[C@H](O)[C@H]1O)N2CCCC. The maximum Gasteiger partial charge on any atom is 0.110 e. The van der Waals surface area contributed by atoms with Crippen LogP contribution >= 0.6 is 0 Å². The van der Waals surface area contributed by atoms with E-state index in [-0.39, 0.29) is 18.2 Å². The van der Waals surface area contributed by atoms with Crippen LogP contribution < -0.4 is 0 Å². The van der Waals surface area contributed by atoms with Gasteiger partial charge >= 0.3 is 0 Å². The number of aliphatic hydroxyl groups excluding tert-OH is 3. The summed E-state index contributed by atoms with van der Waals surface area (Å²) in [7, 11) is 0. The molecule has 7 atom stereocenters. The topological polar surface area (TPSA) is 72.9 Å². The predicted molar refractivity (Wildman–Crippen MR) is 71.9 cm³/mol. The van der Waals surface area contributed by atoms with Gasteiger partial charge in [-0.2, -0.15) is 0 Å². The quantitative estimate of drug-likeness (QED) is 0.454. The third kappa shape index (κ3) is 2.95. The predicted octanol–water partition coefficient (Wildman–Crippen LogP) is 0.121. The van der Waals surface area contributed by atoms with Gasteiger partial charge < -0.3 is 20.1 Å². The van der Waals surface area contributed by atoms with E-state index in [1.54, 1.807) is 0 Å². The Balaban J connectivity index is 1.96. The lowest BCUT2D eigenvalue weighted by atomic mass is 9.89. The molecule has 112 valence electrons. The van der Waals surface area contributed by atoms with Gasteiger partial charge in [0.05, 0.1) is 18.2 Å². The highest BCUT2D eigenvalue weighted by Gasteiger charge is 2.64. The Kier molecular flexibility index (Phi) is 5.20. The van der Waals surface area contributed by atoms with Crippen molar-refractivity contribution in [2.24, 2.45) is 0 Å². The Morgan fingerprint density at radius 2 is 1.58 bits per heavy atom. The lowest BCUT2D eigenvalue weighted by molar-refractivity contribution is -0.140. The second-order valence-corrected chi connectivity index (χ2v) is 5.73. The smallest absolute Gasteiger partial charge is 0.110 e. The average Bonchev–Trinajstić information content (AvgIpc) is 3.12. The molecule has 0 radical (unpaired) electrons. The van der Waals surface area contributed by atoms with Crippen LogP contribution in [-0.2, 0) is 4.74 Å². The molecule has 0 bridgehead atoms. The van der Waals surface area contributed by atoms with Gasteiger partial charge in [-0.25, -0.2) is 0 Å². The normalized spacial score (nSPS) is 45.0. The third-order valence-electron chi connectivity index (χ3n) is 4.33. The lowest BCUT2D eigenvalue weighted by Crippen LogP contribution is -2.54. The lowest BCUT2D eigenvalue weighted by Gasteiger charge is -2.33. The molecule has 2 fully saturated rings. The van der Waals surface area contributed by atoms with Crippen LogP contribution in [-0.4, -0.2) is 69.9 Å². The third-order valence-corrected chi connectivity index (χ3v) is 4.33. The average molecular weight is 273 g/mol. The van der Waals surface area contributed by atoms with Gasteiger partial charge in [-0.3, -0.25) is 4.90 Å². The molecular formula is C14H27NO4. The summed E-state index contributed by atoms with van der Waals surface area (Å²) in [5, 5.41) is 30.0. The van der Waals surface area contributed by atoms with Gasteiger partial charge in [-0.15, -0.1) is 0 Å². The summed E-state index contributed by atoms with van der Waals surface area (Å²) in [4.78, 5) is 2.16. The van der Waals surface area contributed by atoms with Crippen molar-refractivity contribution in [3.63, 3.8) is 0 Å². The molecule has 2 aliphatic rings. The molecule has 0 amide bonds. The molecule has 1 aliphatic carbocycles. The highest BCUT2D eigenvalue weighted by atomic mass is 16.5. The molecule has 1 saturated heterocycles. The number of ether oxygens (including phenoxy) is 1. The molecule has 3 unspecified atom stereocenters. The summed E-state index contributed by atoms with van der Waals surface area (Å²) < 4.78 is 5.76. The monoisotopic (exact) mass is 273 g/mol. The van der Waals surface area contributed by atoms with E-state index in [9.17, 15) is 15.3 Å². The van der Waals surface area contributed by atoms with Gasteiger partial charge in [0.2, 0.25) is 0 Å². The molecular weight excluding hydrogens is 246 g/mol. The number of unbranched alkanes of at least 4 members (excludes halogenated alkanes) is 2. The van der Waals surface area contributed by atoms with Gasteiger partial charge in [0.1, 0.15) is 18.3 Å². The van der Waals surface area contributed by atoms with Crippen molar-refractivity contribution in [2.45, 2.75) is 76.0 Å². The van der Waals surface area contributed by atoms with Gasteiger partial charge in [-0.05, 0) is 19.4 Å². The first-order chi connectivity index (χ1) is 9.13. The summed E-state index contributed by atoms with van der Waals surface area (Å²) in [6.45, 7) is 5.72. The molecule has 0 aromatic rings. The van der Waals surface area contributed by atoms with Crippen LogP contribution in [0.15, 0.2) is 0 Å². The van der Waals surface area contributed by atoms with Crippen LogP contribution in [0.3, 0.4) is 0 Å². The number of aliphatic hydroxyl groups is 3. The van der Waals surface area contributed by atoms with E-state index >= 15 is 0 Å². The van der Waals surface area contributed by atoms with E-state index < -0.39 is 18.3 Å². The summed E-state index contributed by atoms with van der Waals surface area (Å²) >= 11 is 0. The molecule has 19 heavy (non-hydrogen) atoms. The Labute approximate surface area is 115 Å². The summed E-state index contributed by atoms with van der Waals surface area (Å²) in [6.07, 6.45) is 0.844. The van der Waals surface area contributed by atoms with Crippen LogP contribution in [0, 0.1) is 0 Å². The van der Waals surface area contributed by atoms with Crippen LogP contribution in [0.2, 0.25) is 0 Å². The maximum absolute atomic E-state index is 10.1. The maximum atomic E-state index is 10.1. The Morgan fingerprint density at radius 3 is 2.21 bits per heavy atom. The van der Waals surface area contributed by atoms with E-state index in [0.29, 0.717) is 6.61 Å². The number of hydrogen-bond donors (Lipinski definition) is 3. The fourth-order valence-corrected chi connectivity index (χ4v) is 3.10. The molecule has 0 aromatic heterocycles. The van der Waals surface area contributed by atoms with Crippen molar-refractivity contribution < 1.29 is 20.1 Å². The Hall–Kier alpha value is -0.200. The van der Waals surface area contributed by atoms with Gasteiger partial charge in [-0.1, -0.05) is 26.7 Å². The molecule has 3 N–H and O–H groups in total. The van der Waals surface area contributed by atoms with Crippen molar-refractivity contribution in [3.8, 4) is 0 Å². The molecule has 0 spiro atoms. The number of likely N-dealkylation sites (tertiary alicyclic amines) is 1. The standard InChI is InChI=1S/C14H27NO4/c1-3-5-7-15-9-10(15)14(19-8-6-4-2)13(18)12(17)11(9)16/h9-14,16-18H,3-8H2,1-2H3/t9?,10?,11-,12+,13-,14-,15?/m1/s1. The Morgan fingerprint density at radius 1 is 0.895 bits per heavy atom. The van der Waals surface area contributed by atoms with Crippen molar-refractivity contribution in [2.75, 3.05) is 13.2 Å². The molecule has 5 heteroatoms. The van der Waals surface area contributed by atoms with Crippen LogP contribution in [0.4, 0.5) is 0 Å². The summed E-state index contributed by atoms with van der Waals surface area (Å²) in [5.74, 6) is 0. The van der Waals surface area contributed by atoms with Gasteiger partial charge in [0.25, 0.3) is 0 Å². The zero-order valence-electron chi connectivity index (χ0n) is 11.9. The van der Waals surface area contributed by atoms with Crippen LogP contribution in [0.5, 0.6) is 0 Å².